The van der Waals surface area contributed by atoms with Crippen LogP contribution in [0.4, 0.5) is 0 Å². The first-order chi connectivity index (χ1) is 8.25. The number of pyridine rings is 1. The highest BCUT2D eigenvalue weighted by molar-refractivity contribution is 5.75. The Morgan fingerprint density at radius 1 is 1.35 bits per heavy atom. The molecule has 3 rings (SSSR count). The van der Waals surface area contributed by atoms with Gasteiger partial charge in [-0.05, 0) is 43.4 Å². The minimum atomic E-state index is -0.239. The lowest BCUT2D eigenvalue weighted by Crippen LogP contribution is -2.30. The van der Waals surface area contributed by atoms with Crippen LogP contribution in [0.5, 0.6) is 0 Å². The van der Waals surface area contributed by atoms with Crippen molar-refractivity contribution in [2.75, 3.05) is 0 Å². The van der Waals surface area contributed by atoms with Crippen molar-refractivity contribution in [3.8, 4) is 0 Å². The van der Waals surface area contributed by atoms with E-state index in [1.165, 1.54) is 6.42 Å². The summed E-state index contributed by atoms with van der Waals surface area (Å²) in [5, 5.41) is 11.4. The molecule has 1 aliphatic carbocycles. The first-order valence-corrected chi connectivity index (χ1v) is 6.35. The normalized spacial score (nSPS) is 29.6. The van der Waals surface area contributed by atoms with Crippen LogP contribution in [-0.2, 0) is 0 Å². The van der Waals surface area contributed by atoms with E-state index in [2.05, 4.69) is 34.8 Å². The smallest absolute Gasteiger partial charge is 0.140 e. The van der Waals surface area contributed by atoms with Crippen molar-refractivity contribution in [2.45, 2.75) is 38.3 Å². The van der Waals surface area contributed by atoms with Gasteiger partial charge in [0.15, 0.2) is 0 Å². The van der Waals surface area contributed by atoms with Crippen molar-refractivity contribution in [1.29, 1.82) is 0 Å². The number of rotatable bonds is 1. The maximum absolute atomic E-state index is 10.2. The fourth-order valence-electron chi connectivity index (χ4n) is 2.91. The van der Waals surface area contributed by atoms with Crippen LogP contribution in [-0.4, -0.2) is 20.8 Å². The molecule has 3 heteroatoms. The number of fused-ring (bicyclic) bond motifs is 1. The third-order valence-electron chi connectivity index (χ3n) is 3.88. The number of aliphatic hydroxyl groups is 1. The van der Waals surface area contributed by atoms with Gasteiger partial charge < -0.3 is 9.67 Å². The molecule has 1 N–H and O–H groups in total. The molecule has 3 nitrogen and oxygen atoms in total. The zero-order chi connectivity index (χ0) is 11.8. The number of hydrogen-bond donors (Lipinski definition) is 1. The highest BCUT2D eigenvalue weighted by atomic mass is 16.3. The first kappa shape index (κ1) is 10.8. The third-order valence-corrected chi connectivity index (χ3v) is 3.88. The largest absolute Gasteiger partial charge is 0.391 e. The SMILES string of the molecule is CC1CC[C@@H](n2ccc3cccnc32)C(O)C1. The molecule has 0 amide bonds. The summed E-state index contributed by atoms with van der Waals surface area (Å²) < 4.78 is 2.14. The van der Waals surface area contributed by atoms with Crippen molar-refractivity contribution in [3.63, 3.8) is 0 Å². The molecule has 0 aliphatic heterocycles. The minimum absolute atomic E-state index is 0.193. The fraction of sp³-hybridized carbons (Fsp3) is 0.500. The average molecular weight is 230 g/mol. The molecule has 3 atom stereocenters. The molecule has 0 radical (unpaired) electrons. The lowest BCUT2D eigenvalue weighted by atomic mass is 9.85. The Balaban J connectivity index is 1.98. The van der Waals surface area contributed by atoms with Crippen molar-refractivity contribution < 1.29 is 5.11 Å². The van der Waals surface area contributed by atoms with E-state index < -0.39 is 0 Å². The van der Waals surface area contributed by atoms with Gasteiger partial charge in [0.05, 0.1) is 12.1 Å². The Morgan fingerprint density at radius 2 is 2.24 bits per heavy atom. The molecule has 0 saturated heterocycles. The van der Waals surface area contributed by atoms with Crippen LogP contribution >= 0.6 is 0 Å². The summed E-state index contributed by atoms with van der Waals surface area (Å²) in [6.45, 7) is 2.21. The second-order valence-electron chi connectivity index (χ2n) is 5.19. The highest BCUT2D eigenvalue weighted by Crippen LogP contribution is 2.34. The lowest BCUT2D eigenvalue weighted by Gasteiger charge is -2.32. The van der Waals surface area contributed by atoms with Crippen LogP contribution in [0.1, 0.15) is 32.2 Å². The summed E-state index contributed by atoms with van der Waals surface area (Å²) in [4.78, 5) is 4.42. The Labute approximate surface area is 101 Å². The summed E-state index contributed by atoms with van der Waals surface area (Å²) in [6, 6.07) is 6.29. The molecule has 0 aromatic carbocycles. The van der Waals surface area contributed by atoms with E-state index in [1.54, 1.807) is 0 Å². The summed E-state index contributed by atoms with van der Waals surface area (Å²) in [6.07, 6.45) is 6.77. The molecular weight excluding hydrogens is 212 g/mol. The summed E-state index contributed by atoms with van der Waals surface area (Å²) in [5.74, 6) is 0.635. The highest BCUT2D eigenvalue weighted by Gasteiger charge is 2.28. The molecule has 2 heterocycles. The Morgan fingerprint density at radius 3 is 3.06 bits per heavy atom. The Bertz CT molecular complexity index is 520. The van der Waals surface area contributed by atoms with Crippen molar-refractivity contribution in [2.24, 2.45) is 5.92 Å². The summed E-state index contributed by atoms with van der Waals surface area (Å²) >= 11 is 0. The van der Waals surface area contributed by atoms with Gasteiger partial charge in [-0.1, -0.05) is 6.92 Å². The van der Waals surface area contributed by atoms with Crippen LogP contribution in [0, 0.1) is 5.92 Å². The van der Waals surface area contributed by atoms with E-state index in [9.17, 15) is 5.11 Å². The summed E-state index contributed by atoms with van der Waals surface area (Å²) in [7, 11) is 0. The second-order valence-corrected chi connectivity index (χ2v) is 5.19. The zero-order valence-corrected chi connectivity index (χ0v) is 10.1. The zero-order valence-electron chi connectivity index (χ0n) is 10.1. The maximum atomic E-state index is 10.2. The van der Waals surface area contributed by atoms with Gasteiger partial charge in [-0.3, -0.25) is 0 Å². The van der Waals surface area contributed by atoms with Crippen LogP contribution in [0.3, 0.4) is 0 Å². The number of aliphatic hydroxyl groups excluding tert-OH is 1. The van der Waals surface area contributed by atoms with E-state index in [1.807, 2.05) is 12.3 Å². The Kier molecular flexibility index (Phi) is 2.63. The van der Waals surface area contributed by atoms with Crippen molar-refractivity contribution in [1.82, 2.24) is 9.55 Å². The van der Waals surface area contributed by atoms with Crippen LogP contribution in [0.2, 0.25) is 0 Å². The van der Waals surface area contributed by atoms with Gasteiger partial charge in [-0.25, -0.2) is 4.98 Å². The Hall–Kier alpha value is -1.35. The maximum Gasteiger partial charge on any atom is 0.140 e. The van der Waals surface area contributed by atoms with Crippen molar-refractivity contribution >= 4 is 11.0 Å². The van der Waals surface area contributed by atoms with Gasteiger partial charge in [0, 0.05) is 17.8 Å². The van der Waals surface area contributed by atoms with Crippen LogP contribution in [0.25, 0.3) is 11.0 Å². The predicted molar refractivity (Wildman–Crippen MR) is 67.8 cm³/mol. The summed E-state index contributed by atoms with van der Waals surface area (Å²) in [5.41, 5.74) is 0.992. The monoisotopic (exact) mass is 230 g/mol. The van der Waals surface area contributed by atoms with E-state index in [-0.39, 0.29) is 12.1 Å². The number of hydrogen-bond acceptors (Lipinski definition) is 2. The third kappa shape index (κ3) is 1.84. The van der Waals surface area contributed by atoms with Crippen LogP contribution < -0.4 is 0 Å². The van der Waals surface area contributed by atoms with Crippen molar-refractivity contribution in [3.05, 3.63) is 30.6 Å². The van der Waals surface area contributed by atoms with Gasteiger partial charge in [0.1, 0.15) is 5.65 Å². The molecule has 1 saturated carbocycles. The number of nitrogens with zero attached hydrogens (tertiary/aromatic N) is 2. The predicted octanol–water partition coefficient (Wildman–Crippen LogP) is 2.76. The van der Waals surface area contributed by atoms with Gasteiger partial charge in [0.25, 0.3) is 0 Å². The molecule has 17 heavy (non-hydrogen) atoms. The fourth-order valence-corrected chi connectivity index (χ4v) is 2.91. The quantitative estimate of drug-likeness (QED) is 0.818. The molecule has 0 bridgehead atoms. The lowest BCUT2D eigenvalue weighted by molar-refractivity contribution is 0.0563. The van der Waals surface area contributed by atoms with E-state index >= 15 is 0 Å². The molecule has 2 unspecified atom stereocenters. The standard InChI is InChI=1S/C14H18N2O/c1-10-4-5-12(13(17)9-10)16-8-6-11-3-2-7-15-14(11)16/h2-3,6-8,10,12-13,17H,4-5,9H2,1H3/t10?,12-,13?/m1/s1. The van der Waals surface area contributed by atoms with Gasteiger partial charge in [0.2, 0.25) is 0 Å². The molecule has 0 spiro atoms. The topological polar surface area (TPSA) is 38.0 Å². The molecule has 1 aliphatic rings. The molecule has 2 aromatic rings. The van der Waals surface area contributed by atoms with Gasteiger partial charge >= 0.3 is 0 Å². The van der Waals surface area contributed by atoms with E-state index in [0.29, 0.717) is 5.92 Å². The minimum Gasteiger partial charge on any atom is -0.391 e. The van der Waals surface area contributed by atoms with E-state index in [0.717, 1.165) is 23.9 Å². The molecule has 1 fully saturated rings. The molecular formula is C14H18N2O. The van der Waals surface area contributed by atoms with Crippen LogP contribution in [0.15, 0.2) is 30.6 Å². The first-order valence-electron chi connectivity index (χ1n) is 6.35. The van der Waals surface area contributed by atoms with E-state index in [4.69, 9.17) is 0 Å². The molecule has 2 aromatic heterocycles. The second kappa shape index (κ2) is 4.15. The van der Waals surface area contributed by atoms with Gasteiger partial charge in [-0.15, -0.1) is 0 Å². The van der Waals surface area contributed by atoms with Gasteiger partial charge in [-0.2, -0.15) is 0 Å². The molecule has 90 valence electrons. The average Bonchev–Trinajstić information content (AvgIpc) is 2.73. The number of aromatic nitrogens is 2.